The first-order valence-electron chi connectivity index (χ1n) is 6.88. The van der Waals surface area contributed by atoms with Gasteiger partial charge in [0.15, 0.2) is 5.78 Å². The Bertz CT molecular complexity index is 416. The van der Waals surface area contributed by atoms with Gasteiger partial charge in [0.05, 0.1) is 11.8 Å². The third-order valence-corrected chi connectivity index (χ3v) is 4.32. The molecule has 1 aromatic rings. The van der Waals surface area contributed by atoms with E-state index in [9.17, 15) is 4.79 Å². The fraction of sp³-hybridized carbons (Fsp3) is 0.714. The maximum atomic E-state index is 12.7. The summed E-state index contributed by atoms with van der Waals surface area (Å²) in [5.74, 6) is 0.910. The molecule has 100 valence electrons. The van der Waals surface area contributed by atoms with Crippen LogP contribution >= 0.6 is 0 Å². The van der Waals surface area contributed by atoms with Crippen LogP contribution in [0.15, 0.2) is 12.4 Å². The molecule has 0 atom stereocenters. The van der Waals surface area contributed by atoms with Crippen LogP contribution < -0.4 is 5.73 Å². The molecular formula is C14H23N3O. The van der Waals surface area contributed by atoms with Crippen LogP contribution in [0.2, 0.25) is 0 Å². The van der Waals surface area contributed by atoms with Gasteiger partial charge in [-0.15, -0.1) is 0 Å². The Kier molecular flexibility index (Phi) is 3.85. The highest BCUT2D eigenvalue weighted by Gasteiger charge is 2.40. The molecule has 0 unspecified atom stereocenters. The quantitative estimate of drug-likeness (QED) is 0.832. The Labute approximate surface area is 109 Å². The number of ketones is 1. The molecule has 1 aliphatic rings. The van der Waals surface area contributed by atoms with Crippen molar-refractivity contribution in [2.45, 2.75) is 46.1 Å². The molecule has 1 aliphatic carbocycles. The van der Waals surface area contributed by atoms with Crippen molar-refractivity contribution in [1.29, 1.82) is 0 Å². The van der Waals surface area contributed by atoms with Crippen LogP contribution in [0.25, 0.3) is 0 Å². The first-order chi connectivity index (χ1) is 8.61. The zero-order valence-electron chi connectivity index (χ0n) is 11.4. The van der Waals surface area contributed by atoms with E-state index in [2.05, 4.69) is 12.0 Å². The van der Waals surface area contributed by atoms with Crippen molar-refractivity contribution >= 4 is 5.78 Å². The van der Waals surface area contributed by atoms with Crippen molar-refractivity contribution in [3.8, 4) is 0 Å². The lowest BCUT2D eigenvalue weighted by atomic mass is 9.67. The van der Waals surface area contributed by atoms with Gasteiger partial charge >= 0.3 is 0 Å². The molecule has 1 heterocycles. The van der Waals surface area contributed by atoms with Crippen molar-refractivity contribution in [1.82, 2.24) is 9.78 Å². The fourth-order valence-electron chi connectivity index (χ4n) is 2.80. The lowest BCUT2D eigenvalue weighted by molar-refractivity contribution is 0.0695. The van der Waals surface area contributed by atoms with Gasteiger partial charge in [-0.3, -0.25) is 9.48 Å². The van der Waals surface area contributed by atoms with E-state index < -0.39 is 0 Å². The molecule has 0 saturated heterocycles. The van der Waals surface area contributed by atoms with Crippen LogP contribution in [0.3, 0.4) is 0 Å². The van der Waals surface area contributed by atoms with Crippen LogP contribution in [0.5, 0.6) is 0 Å². The number of hydrogen-bond donors (Lipinski definition) is 1. The number of hydrogen-bond acceptors (Lipinski definition) is 3. The van der Waals surface area contributed by atoms with Gasteiger partial charge in [-0.1, -0.05) is 6.92 Å². The minimum absolute atomic E-state index is 0.191. The smallest absolute Gasteiger partial charge is 0.173 e. The first kappa shape index (κ1) is 13.3. The Hall–Kier alpha value is -1.16. The van der Waals surface area contributed by atoms with E-state index in [1.165, 1.54) is 0 Å². The van der Waals surface area contributed by atoms with E-state index in [1.807, 2.05) is 13.1 Å². The molecule has 0 amide bonds. The summed E-state index contributed by atoms with van der Waals surface area (Å²) in [5.41, 5.74) is 6.29. The highest BCUT2D eigenvalue weighted by molar-refractivity contribution is 6.00. The van der Waals surface area contributed by atoms with E-state index in [0.717, 1.165) is 43.7 Å². The molecule has 1 fully saturated rings. The molecule has 0 bridgehead atoms. The molecule has 0 spiro atoms. The summed E-state index contributed by atoms with van der Waals surface area (Å²) in [6.07, 6.45) is 7.57. The minimum atomic E-state index is -0.339. The van der Waals surface area contributed by atoms with E-state index >= 15 is 0 Å². The fourth-order valence-corrected chi connectivity index (χ4v) is 2.80. The molecule has 1 aromatic heterocycles. The first-order valence-corrected chi connectivity index (χ1v) is 6.88. The normalized spacial score (nSPS) is 28.3. The number of carbonyl (C=O) groups is 1. The second-order valence-electron chi connectivity index (χ2n) is 5.58. The highest BCUT2D eigenvalue weighted by atomic mass is 16.1. The number of nitrogens with two attached hydrogens (primary N) is 1. The zero-order valence-corrected chi connectivity index (χ0v) is 11.4. The van der Waals surface area contributed by atoms with Crippen LogP contribution in [0.1, 0.15) is 49.9 Å². The molecule has 2 rings (SSSR count). The van der Waals surface area contributed by atoms with Gasteiger partial charge in [0, 0.05) is 24.7 Å². The molecule has 0 aliphatic heterocycles. The molecule has 0 aromatic carbocycles. The topological polar surface area (TPSA) is 60.9 Å². The van der Waals surface area contributed by atoms with Crippen molar-refractivity contribution in [3.05, 3.63) is 18.0 Å². The average Bonchev–Trinajstić information content (AvgIpc) is 2.88. The highest BCUT2D eigenvalue weighted by Crippen LogP contribution is 2.40. The summed E-state index contributed by atoms with van der Waals surface area (Å²) >= 11 is 0. The van der Waals surface area contributed by atoms with Crippen molar-refractivity contribution in [2.24, 2.45) is 17.1 Å². The Balaban J connectivity index is 2.19. The second kappa shape index (κ2) is 5.22. The Morgan fingerprint density at radius 3 is 2.72 bits per heavy atom. The van der Waals surface area contributed by atoms with E-state index in [-0.39, 0.29) is 11.2 Å². The van der Waals surface area contributed by atoms with Crippen LogP contribution in [0, 0.1) is 11.3 Å². The number of Topliss-reactive ketones (excluding diaryl/α,β-unsaturated/α-hetero) is 1. The molecule has 2 N–H and O–H groups in total. The SMILES string of the molecule is CCn1cc(C(=O)C2(CN)CCC(C)CC2)cn1. The Morgan fingerprint density at radius 2 is 2.22 bits per heavy atom. The maximum absolute atomic E-state index is 12.7. The molecular weight excluding hydrogens is 226 g/mol. The predicted octanol–water partition coefficient (Wildman–Crippen LogP) is 2.24. The standard InChI is InChI=1S/C14H23N3O/c1-3-17-9-12(8-16-17)13(18)14(10-15)6-4-11(2)5-7-14/h8-9,11H,3-7,10,15H2,1-2H3. The lowest BCUT2D eigenvalue weighted by Crippen LogP contribution is -2.41. The van der Waals surface area contributed by atoms with Crippen molar-refractivity contribution < 1.29 is 4.79 Å². The molecule has 0 radical (unpaired) electrons. The minimum Gasteiger partial charge on any atom is -0.329 e. The maximum Gasteiger partial charge on any atom is 0.173 e. The molecule has 4 heteroatoms. The van der Waals surface area contributed by atoms with Gasteiger partial charge in [-0.05, 0) is 38.5 Å². The third-order valence-electron chi connectivity index (χ3n) is 4.32. The van der Waals surface area contributed by atoms with Gasteiger partial charge in [0.1, 0.15) is 0 Å². The number of nitrogens with zero attached hydrogens (tertiary/aromatic N) is 2. The average molecular weight is 249 g/mol. The van der Waals surface area contributed by atoms with Crippen molar-refractivity contribution in [2.75, 3.05) is 6.54 Å². The largest absolute Gasteiger partial charge is 0.329 e. The van der Waals surface area contributed by atoms with Gasteiger partial charge in [-0.2, -0.15) is 5.10 Å². The summed E-state index contributed by atoms with van der Waals surface area (Å²) in [6, 6.07) is 0. The number of aromatic nitrogens is 2. The zero-order chi connectivity index (χ0) is 13.2. The van der Waals surface area contributed by atoms with Crippen LogP contribution in [0.4, 0.5) is 0 Å². The number of aryl methyl sites for hydroxylation is 1. The predicted molar refractivity (Wildman–Crippen MR) is 71.4 cm³/mol. The van der Waals surface area contributed by atoms with Gasteiger partial charge in [0.25, 0.3) is 0 Å². The summed E-state index contributed by atoms with van der Waals surface area (Å²) in [6.45, 7) is 5.51. The molecule has 1 saturated carbocycles. The van der Waals surface area contributed by atoms with Crippen LogP contribution in [-0.4, -0.2) is 22.1 Å². The summed E-state index contributed by atoms with van der Waals surface area (Å²) in [5, 5.41) is 4.19. The van der Waals surface area contributed by atoms with E-state index in [4.69, 9.17) is 5.73 Å². The molecule has 4 nitrogen and oxygen atoms in total. The summed E-state index contributed by atoms with van der Waals surface area (Å²) in [4.78, 5) is 12.7. The molecule has 18 heavy (non-hydrogen) atoms. The lowest BCUT2D eigenvalue weighted by Gasteiger charge is -2.36. The Morgan fingerprint density at radius 1 is 1.56 bits per heavy atom. The number of carbonyl (C=O) groups excluding carboxylic acids is 1. The van der Waals surface area contributed by atoms with E-state index in [0.29, 0.717) is 6.54 Å². The van der Waals surface area contributed by atoms with Crippen LogP contribution in [-0.2, 0) is 6.54 Å². The van der Waals surface area contributed by atoms with Gasteiger partial charge < -0.3 is 5.73 Å². The van der Waals surface area contributed by atoms with E-state index in [1.54, 1.807) is 10.9 Å². The van der Waals surface area contributed by atoms with Gasteiger partial charge in [-0.25, -0.2) is 0 Å². The summed E-state index contributed by atoms with van der Waals surface area (Å²) in [7, 11) is 0. The third kappa shape index (κ3) is 2.34. The monoisotopic (exact) mass is 249 g/mol. The van der Waals surface area contributed by atoms with Crippen molar-refractivity contribution in [3.63, 3.8) is 0 Å². The second-order valence-corrected chi connectivity index (χ2v) is 5.58. The summed E-state index contributed by atoms with van der Waals surface area (Å²) < 4.78 is 1.79. The van der Waals surface area contributed by atoms with Gasteiger partial charge in [0.2, 0.25) is 0 Å². The number of rotatable bonds is 4.